The molecule has 0 aromatic rings. The molecule has 0 spiro atoms. The second-order valence-corrected chi connectivity index (χ2v) is 14.3. The van der Waals surface area contributed by atoms with E-state index < -0.39 is 12.2 Å². The van der Waals surface area contributed by atoms with Crippen molar-refractivity contribution in [3.05, 3.63) is 24.3 Å². The smallest absolute Gasteiger partial charge is 0.0795 e. The zero-order valence-corrected chi connectivity index (χ0v) is 31.4. The zero-order valence-electron chi connectivity index (χ0n) is 31.4. The molecule has 4 atom stereocenters. The molecule has 5 nitrogen and oxygen atoms in total. The van der Waals surface area contributed by atoms with E-state index in [1.54, 1.807) is 0 Å². The minimum atomic E-state index is -0.786. The van der Waals surface area contributed by atoms with Crippen molar-refractivity contribution in [3.8, 4) is 0 Å². The van der Waals surface area contributed by atoms with E-state index >= 15 is 0 Å². The molecule has 0 bridgehead atoms. The summed E-state index contributed by atoms with van der Waals surface area (Å²) in [6.07, 6.45) is 43.0. The highest BCUT2D eigenvalue weighted by atomic mass is 16.5. The van der Waals surface area contributed by atoms with Crippen molar-refractivity contribution in [2.75, 3.05) is 13.2 Å². The minimum Gasteiger partial charge on any atom is -0.394 e. The van der Waals surface area contributed by atoms with Crippen LogP contribution in [-0.4, -0.2) is 58.1 Å². The first-order valence-corrected chi connectivity index (χ1v) is 20.6. The number of hydrogen-bond donors (Lipinski definition) is 4. The van der Waals surface area contributed by atoms with Crippen molar-refractivity contribution in [2.45, 2.75) is 231 Å². The van der Waals surface area contributed by atoms with Crippen LogP contribution in [0.1, 0.15) is 206 Å². The molecule has 0 radical (unpaired) electrons. The highest BCUT2D eigenvalue weighted by Gasteiger charge is 2.22. The van der Waals surface area contributed by atoms with Crippen molar-refractivity contribution in [3.63, 3.8) is 0 Å². The maximum Gasteiger partial charge on any atom is 0.0795 e. The van der Waals surface area contributed by atoms with Gasteiger partial charge in [0.1, 0.15) is 0 Å². The highest BCUT2D eigenvalue weighted by Crippen LogP contribution is 2.22. The summed E-state index contributed by atoms with van der Waals surface area (Å²) < 4.78 is 6.47. The monoisotopic (exact) mass is 667 g/mol. The molecule has 0 aliphatic rings. The molecule has 0 heterocycles. The van der Waals surface area contributed by atoms with Crippen molar-refractivity contribution in [2.24, 2.45) is 0 Å². The molecule has 5 heteroatoms. The van der Waals surface area contributed by atoms with E-state index in [0.717, 1.165) is 38.5 Å². The van der Waals surface area contributed by atoms with Gasteiger partial charge in [0, 0.05) is 12.8 Å². The van der Waals surface area contributed by atoms with E-state index in [9.17, 15) is 20.4 Å². The third-order valence-electron chi connectivity index (χ3n) is 9.45. The van der Waals surface area contributed by atoms with E-state index in [1.807, 2.05) is 0 Å². The van der Waals surface area contributed by atoms with Crippen LogP contribution in [0.4, 0.5) is 0 Å². The highest BCUT2D eigenvalue weighted by molar-refractivity contribution is 4.82. The van der Waals surface area contributed by atoms with Crippen molar-refractivity contribution < 1.29 is 25.2 Å². The number of aliphatic hydroxyl groups is 4. The summed E-state index contributed by atoms with van der Waals surface area (Å²) in [5.74, 6) is 0. The first-order chi connectivity index (χ1) is 23.1. The summed E-state index contributed by atoms with van der Waals surface area (Å²) in [5, 5.41) is 39.3. The quantitative estimate of drug-likeness (QED) is 0.0389. The molecule has 4 unspecified atom stereocenters. The van der Waals surface area contributed by atoms with Gasteiger partial charge in [-0.05, 0) is 64.2 Å². The van der Waals surface area contributed by atoms with Crippen LogP contribution in [0.5, 0.6) is 0 Å². The number of ether oxygens (including phenoxy) is 1. The molecule has 0 aromatic heterocycles. The minimum absolute atomic E-state index is 0.138. The van der Waals surface area contributed by atoms with Gasteiger partial charge in [-0.15, -0.1) is 0 Å². The third kappa shape index (κ3) is 34.9. The van der Waals surface area contributed by atoms with E-state index in [2.05, 4.69) is 38.2 Å². The van der Waals surface area contributed by atoms with Crippen molar-refractivity contribution in [1.82, 2.24) is 0 Å². The molecule has 0 amide bonds. The Morgan fingerprint density at radius 3 is 0.979 bits per heavy atom. The summed E-state index contributed by atoms with van der Waals surface area (Å²) in [5.41, 5.74) is 0. The molecule has 0 saturated carbocycles. The Bertz CT molecular complexity index is 597. The molecule has 4 N–H and O–H groups in total. The Kier molecular flexibility index (Phi) is 37.5. The predicted octanol–water partition coefficient (Wildman–Crippen LogP) is 11.3. The van der Waals surface area contributed by atoms with E-state index in [1.165, 1.54) is 141 Å². The lowest BCUT2D eigenvalue weighted by Gasteiger charge is -2.28. The molecule has 0 rings (SSSR count). The average Bonchev–Trinajstić information content (AvgIpc) is 3.07. The summed E-state index contributed by atoms with van der Waals surface area (Å²) in [4.78, 5) is 0. The Morgan fingerprint density at radius 2 is 0.681 bits per heavy atom. The van der Waals surface area contributed by atoms with Crippen LogP contribution in [0.25, 0.3) is 0 Å². The molecule has 0 saturated heterocycles. The van der Waals surface area contributed by atoms with Gasteiger partial charge in [-0.2, -0.15) is 0 Å². The van der Waals surface area contributed by atoms with Gasteiger partial charge in [-0.1, -0.05) is 154 Å². The van der Waals surface area contributed by atoms with Crippen LogP contribution < -0.4 is 0 Å². The Hall–Kier alpha value is -0.720. The van der Waals surface area contributed by atoms with Gasteiger partial charge in [0.25, 0.3) is 0 Å². The molecule has 0 aromatic carbocycles. The average molecular weight is 667 g/mol. The normalized spacial score (nSPS) is 14.8. The van der Waals surface area contributed by atoms with Crippen LogP contribution in [0.15, 0.2) is 24.3 Å². The fraction of sp³-hybridized carbons (Fsp3) is 0.905. The number of rotatable bonds is 38. The first kappa shape index (κ1) is 46.3. The first-order valence-electron chi connectivity index (χ1n) is 20.6. The summed E-state index contributed by atoms with van der Waals surface area (Å²) in [6, 6.07) is 0. The SMILES string of the molecule is CCCCCCCC/C=C\CCCCCCCC(CC(O)CO)OC(CCCCCCC/C=C\CCCCCCCC)CC(O)CO. The number of aliphatic hydroxyl groups excluding tert-OH is 4. The standard InChI is InChI=1S/C42H82O5/c1-3-5-7-9-11-13-15-17-19-21-23-25-27-29-31-33-41(35-39(45)37-43)47-42(36-40(46)38-44)34-32-30-28-26-24-22-20-18-16-14-12-10-8-6-4-2/h17-20,39-46H,3-16,21-38H2,1-2H3/b19-17-,20-18-. The molecular weight excluding hydrogens is 584 g/mol. The van der Waals surface area contributed by atoms with Crippen LogP contribution in [0.3, 0.4) is 0 Å². The molecule has 0 aliphatic carbocycles. The van der Waals surface area contributed by atoms with Gasteiger partial charge in [-0.25, -0.2) is 0 Å². The zero-order chi connectivity index (χ0) is 34.5. The van der Waals surface area contributed by atoms with Gasteiger partial charge in [-0.3, -0.25) is 0 Å². The topological polar surface area (TPSA) is 90.2 Å². The third-order valence-corrected chi connectivity index (χ3v) is 9.45. The second-order valence-electron chi connectivity index (χ2n) is 14.3. The number of unbranched alkanes of at least 4 members (excludes halogenated alkanes) is 22. The Labute approximate surface area is 293 Å². The molecule has 0 fully saturated rings. The maximum absolute atomic E-state index is 10.2. The van der Waals surface area contributed by atoms with Gasteiger partial charge in [0.05, 0.1) is 37.6 Å². The largest absolute Gasteiger partial charge is 0.394 e. The van der Waals surface area contributed by atoms with E-state index in [0.29, 0.717) is 12.8 Å². The summed E-state index contributed by atoms with van der Waals surface area (Å²) in [7, 11) is 0. The van der Waals surface area contributed by atoms with Crippen molar-refractivity contribution in [1.29, 1.82) is 0 Å². The van der Waals surface area contributed by atoms with Gasteiger partial charge in [0.15, 0.2) is 0 Å². The number of allylic oxidation sites excluding steroid dienone is 4. The summed E-state index contributed by atoms with van der Waals surface area (Å²) in [6.45, 7) is 4.02. The molecular formula is C42H82O5. The van der Waals surface area contributed by atoms with Crippen LogP contribution in [0, 0.1) is 0 Å². The van der Waals surface area contributed by atoms with Crippen LogP contribution in [0.2, 0.25) is 0 Å². The van der Waals surface area contributed by atoms with E-state index in [-0.39, 0.29) is 25.4 Å². The molecule has 280 valence electrons. The van der Waals surface area contributed by atoms with E-state index in [4.69, 9.17) is 4.74 Å². The maximum atomic E-state index is 10.2. The van der Waals surface area contributed by atoms with Gasteiger partial charge < -0.3 is 25.2 Å². The van der Waals surface area contributed by atoms with Crippen molar-refractivity contribution >= 4 is 0 Å². The molecule has 0 aliphatic heterocycles. The summed E-state index contributed by atoms with van der Waals surface area (Å²) >= 11 is 0. The lowest BCUT2D eigenvalue weighted by atomic mass is 10.0. The van der Waals surface area contributed by atoms with Crippen LogP contribution in [-0.2, 0) is 4.74 Å². The Morgan fingerprint density at radius 1 is 0.404 bits per heavy atom. The predicted molar refractivity (Wildman–Crippen MR) is 203 cm³/mol. The van der Waals surface area contributed by atoms with Gasteiger partial charge >= 0.3 is 0 Å². The number of hydrogen-bond acceptors (Lipinski definition) is 5. The Balaban J connectivity index is 4.23. The second kappa shape index (κ2) is 38.1. The molecule has 47 heavy (non-hydrogen) atoms. The fourth-order valence-electron chi connectivity index (χ4n) is 6.40. The fourth-order valence-corrected chi connectivity index (χ4v) is 6.40. The van der Waals surface area contributed by atoms with Gasteiger partial charge in [0.2, 0.25) is 0 Å². The lowest BCUT2D eigenvalue weighted by molar-refractivity contribution is -0.0712. The lowest BCUT2D eigenvalue weighted by Crippen LogP contribution is -2.31. The van der Waals surface area contributed by atoms with Crippen LogP contribution >= 0.6 is 0 Å².